The molecule has 0 fully saturated rings. The van der Waals surface area contributed by atoms with Crippen LogP contribution in [-0.2, 0) is 9.53 Å². The second-order valence-electron chi connectivity index (χ2n) is 7.34. The number of hydrogen-bond acceptors (Lipinski definition) is 4. The molecule has 0 aliphatic rings. The van der Waals surface area contributed by atoms with Gasteiger partial charge in [-0.2, -0.15) is 13.2 Å². The van der Waals surface area contributed by atoms with E-state index in [0.717, 1.165) is 15.2 Å². The molecule has 4 nitrogen and oxygen atoms in total. The van der Waals surface area contributed by atoms with E-state index in [0.29, 0.717) is 11.2 Å². The zero-order chi connectivity index (χ0) is 21.3. The Kier molecular flexibility index (Phi) is 6.24. The fourth-order valence-corrected chi connectivity index (χ4v) is 3.73. The first-order valence-corrected chi connectivity index (χ1v) is 9.91. The molecule has 0 spiro atoms. The standard InChI is InChI=1S/C21H21BrF3NO3/c1-11(2)8-16(20(27)28-3)26-19(21(23,24)25)12-4-6-14-15-10-13(22)5-7-17(15)29-18(14)9-12/h4-7,9-11,16,19,26H,8H2,1-3H3/t16-,19+/m0/s1. The Bertz CT molecular complexity index is 1030. The van der Waals surface area contributed by atoms with Gasteiger partial charge in [-0.15, -0.1) is 0 Å². The molecule has 29 heavy (non-hydrogen) atoms. The lowest BCUT2D eigenvalue weighted by Crippen LogP contribution is -2.45. The predicted octanol–water partition coefficient (Wildman–Crippen LogP) is 6.13. The van der Waals surface area contributed by atoms with Crippen molar-refractivity contribution in [3.8, 4) is 0 Å². The van der Waals surface area contributed by atoms with Crippen LogP contribution in [0.25, 0.3) is 21.9 Å². The van der Waals surface area contributed by atoms with Crippen molar-refractivity contribution in [2.75, 3.05) is 7.11 Å². The quantitative estimate of drug-likeness (QED) is 0.439. The third kappa shape index (κ3) is 4.75. The van der Waals surface area contributed by atoms with E-state index in [2.05, 4.69) is 21.2 Å². The molecular formula is C21H21BrF3NO3. The van der Waals surface area contributed by atoms with E-state index in [1.165, 1.54) is 19.2 Å². The maximum Gasteiger partial charge on any atom is 0.407 e. The molecule has 156 valence electrons. The van der Waals surface area contributed by atoms with Crippen LogP contribution in [0.2, 0.25) is 0 Å². The van der Waals surface area contributed by atoms with Crippen molar-refractivity contribution in [2.24, 2.45) is 5.92 Å². The maximum absolute atomic E-state index is 13.9. The molecule has 2 aromatic carbocycles. The second kappa shape index (κ2) is 8.36. The zero-order valence-corrected chi connectivity index (χ0v) is 17.7. The Morgan fingerprint density at radius 3 is 2.48 bits per heavy atom. The number of esters is 1. The molecule has 0 aliphatic heterocycles. The lowest BCUT2D eigenvalue weighted by Gasteiger charge is -2.27. The van der Waals surface area contributed by atoms with Gasteiger partial charge >= 0.3 is 12.1 Å². The minimum Gasteiger partial charge on any atom is -0.468 e. The smallest absolute Gasteiger partial charge is 0.407 e. The van der Waals surface area contributed by atoms with Crippen molar-refractivity contribution >= 4 is 43.8 Å². The number of benzene rings is 2. The van der Waals surface area contributed by atoms with Crippen LogP contribution in [0.3, 0.4) is 0 Å². The number of alkyl halides is 3. The third-order valence-electron chi connectivity index (χ3n) is 4.68. The molecule has 8 heteroatoms. The SMILES string of the molecule is COC(=O)[C@H](CC(C)C)N[C@H](c1ccc2c(c1)oc1ccc(Br)cc12)C(F)(F)F. The number of furan rings is 1. The van der Waals surface area contributed by atoms with E-state index in [9.17, 15) is 18.0 Å². The first-order chi connectivity index (χ1) is 13.6. The molecule has 1 aromatic heterocycles. The molecule has 1 N–H and O–H groups in total. The number of carbonyl (C=O) groups is 1. The van der Waals surface area contributed by atoms with Crippen LogP contribution in [-0.4, -0.2) is 25.3 Å². The fourth-order valence-electron chi connectivity index (χ4n) is 3.37. The first-order valence-electron chi connectivity index (χ1n) is 9.12. The van der Waals surface area contributed by atoms with Crippen molar-refractivity contribution in [1.29, 1.82) is 0 Å². The summed E-state index contributed by atoms with van der Waals surface area (Å²) in [5.41, 5.74) is 0.912. The van der Waals surface area contributed by atoms with Gasteiger partial charge in [0.2, 0.25) is 0 Å². The van der Waals surface area contributed by atoms with Gasteiger partial charge in [-0.25, -0.2) is 0 Å². The number of fused-ring (bicyclic) bond motifs is 3. The van der Waals surface area contributed by atoms with Crippen molar-refractivity contribution in [3.05, 3.63) is 46.4 Å². The zero-order valence-electron chi connectivity index (χ0n) is 16.1. The maximum atomic E-state index is 13.9. The van der Waals surface area contributed by atoms with Crippen LogP contribution in [0.4, 0.5) is 13.2 Å². The van der Waals surface area contributed by atoms with Crippen LogP contribution in [0.5, 0.6) is 0 Å². The van der Waals surface area contributed by atoms with Crippen LogP contribution >= 0.6 is 15.9 Å². The van der Waals surface area contributed by atoms with Gasteiger partial charge in [-0.05, 0) is 42.2 Å². The van der Waals surface area contributed by atoms with Gasteiger partial charge in [0.1, 0.15) is 23.2 Å². The Labute approximate surface area is 174 Å². The number of methoxy groups -OCH3 is 1. The molecule has 0 aliphatic carbocycles. The van der Waals surface area contributed by atoms with Gasteiger partial charge in [-0.1, -0.05) is 41.9 Å². The van der Waals surface area contributed by atoms with E-state index in [1.807, 2.05) is 19.9 Å². The summed E-state index contributed by atoms with van der Waals surface area (Å²) in [5.74, 6) is -0.709. The third-order valence-corrected chi connectivity index (χ3v) is 5.17. The van der Waals surface area contributed by atoms with Gasteiger partial charge < -0.3 is 9.15 Å². The highest BCUT2D eigenvalue weighted by atomic mass is 79.9. The van der Waals surface area contributed by atoms with Gasteiger partial charge in [-0.3, -0.25) is 10.1 Å². The van der Waals surface area contributed by atoms with Crippen molar-refractivity contribution in [2.45, 2.75) is 38.5 Å². The van der Waals surface area contributed by atoms with Crippen molar-refractivity contribution in [3.63, 3.8) is 0 Å². The summed E-state index contributed by atoms with van der Waals surface area (Å²) in [4.78, 5) is 12.0. The number of hydrogen-bond donors (Lipinski definition) is 1. The molecular weight excluding hydrogens is 451 g/mol. The number of carbonyl (C=O) groups excluding carboxylic acids is 1. The van der Waals surface area contributed by atoms with Gasteiger partial charge in [0.15, 0.2) is 0 Å². The fraction of sp³-hybridized carbons (Fsp3) is 0.381. The molecule has 0 radical (unpaired) electrons. The van der Waals surface area contributed by atoms with E-state index >= 15 is 0 Å². The van der Waals surface area contributed by atoms with Crippen molar-refractivity contribution < 1.29 is 27.1 Å². The second-order valence-corrected chi connectivity index (χ2v) is 8.26. The van der Waals surface area contributed by atoms with Crippen LogP contribution in [0.15, 0.2) is 45.3 Å². The summed E-state index contributed by atoms with van der Waals surface area (Å²) in [6.07, 6.45) is -4.38. The summed E-state index contributed by atoms with van der Waals surface area (Å²) in [6, 6.07) is 6.71. The highest BCUT2D eigenvalue weighted by Crippen LogP contribution is 2.37. The van der Waals surface area contributed by atoms with E-state index < -0.39 is 24.2 Å². The predicted molar refractivity (Wildman–Crippen MR) is 109 cm³/mol. The molecule has 0 amide bonds. The van der Waals surface area contributed by atoms with Gasteiger partial charge in [0.05, 0.1) is 7.11 Å². The number of nitrogens with one attached hydrogen (secondary N) is 1. The molecule has 0 unspecified atom stereocenters. The highest BCUT2D eigenvalue weighted by Gasteiger charge is 2.43. The first kappa shape index (κ1) is 21.6. The molecule has 3 rings (SSSR count). The Morgan fingerprint density at radius 2 is 1.86 bits per heavy atom. The Balaban J connectivity index is 2.03. The highest BCUT2D eigenvalue weighted by molar-refractivity contribution is 9.10. The van der Waals surface area contributed by atoms with E-state index in [4.69, 9.17) is 9.15 Å². The van der Waals surface area contributed by atoms with E-state index in [1.54, 1.807) is 18.2 Å². The van der Waals surface area contributed by atoms with Crippen molar-refractivity contribution in [1.82, 2.24) is 5.32 Å². The van der Waals surface area contributed by atoms with Crippen LogP contribution in [0, 0.1) is 5.92 Å². The minimum atomic E-state index is -4.61. The summed E-state index contributed by atoms with van der Waals surface area (Å²) in [7, 11) is 1.17. The molecule has 2 atom stereocenters. The summed E-state index contributed by atoms with van der Waals surface area (Å²) >= 11 is 3.39. The summed E-state index contributed by atoms with van der Waals surface area (Å²) in [6.45, 7) is 3.66. The molecule has 3 aromatic rings. The number of rotatable bonds is 6. The van der Waals surface area contributed by atoms with E-state index in [-0.39, 0.29) is 17.9 Å². The number of ether oxygens (including phenoxy) is 1. The average Bonchev–Trinajstić information content (AvgIpc) is 3.00. The summed E-state index contributed by atoms with van der Waals surface area (Å²) < 4.78 is 52.9. The largest absolute Gasteiger partial charge is 0.468 e. The Hall–Kier alpha value is -2.06. The Morgan fingerprint density at radius 1 is 1.14 bits per heavy atom. The van der Waals surface area contributed by atoms with Gasteiger partial charge in [0, 0.05) is 15.2 Å². The number of halogens is 4. The normalized spacial score (nSPS) is 14.5. The lowest BCUT2D eigenvalue weighted by atomic mass is 9.99. The summed E-state index contributed by atoms with van der Waals surface area (Å²) in [5, 5.41) is 3.98. The monoisotopic (exact) mass is 471 g/mol. The van der Waals surface area contributed by atoms with Crippen LogP contribution < -0.4 is 5.32 Å². The molecule has 1 heterocycles. The van der Waals surface area contributed by atoms with Gasteiger partial charge in [0.25, 0.3) is 0 Å². The lowest BCUT2D eigenvalue weighted by molar-refractivity contribution is -0.164. The minimum absolute atomic E-state index is 0.0109. The average molecular weight is 472 g/mol. The molecule has 0 saturated heterocycles. The topological polar surface area (TPSA) is 51.5 Å². The molecule has 0 saturated carbocycles. The molecule has 0 bridgehead atoms. The van der Waals surface area contributed by atoms with Crippen LogP contribution in [0.1, 0.15) is 31.9 Å².